The van der Waals surface area contributed by atoms with E-state index in [9.17, 15) is 9.59 Å². The van der Waals surface area contributed by atoms with Crippen molar-refractivity contribution < 1.29 is 19.1 Å². The lowest BCUT2D eigenvalue weighted by atomic mass is 10.2. The Balaban J connectivity index is 1.72. The van der Waals surface area contributed by atoms with Crippen molar-refractivity contribution in [2.45, 2.75) is 13.3 Å². The second kappa shape index (κ2) is 10.1. The average molecular weight is 418 g/mol. The predicted molar refractivity (Wildman–Crippen MR) is 114 cm³/mol. The maximum atomic E-state index is 12.7. The van der Waals surface area contributed by atoms with Gasteiger partial charge in [0.15, 0.2) is 12.4 Å². The van der Waals surface area contributed by atoms with E-state index in [2.05, 4.69) is 5.10 Å². The van der Waals surface area contributed by atoms with Crippen LogP contribution < -0.4 is 9.64 Å². The number of esters is 1. The van der Waals surface area contributed by atoms with Crippen molar-refractivity contribution in [2.24, 2.45) is 0 Å². The van der Waals surface area contributed by atoms with Gasteiger partial charge in [0.05, 0.1) is 31.5 Å². The fourth-order valence-corrected chi connectivity index (χ4v) is 2.92. The summed E-state index contributed by atoms with van der Waals surface area (Å²) in [5.74, 6) is -0.973. The standard InChI is InChI=1S/C23H22N4O4/c1-17-9-11-18(12-10-17)26(14-6-13-24)21(28)16-31-23(29)22-20(30-2)15-27(25-22)19-7-4-3-5-8-19/h3-5,7-12,15H,6,14,16H2,1-2H3. The fraction of sp³-hybridized carbons (Fsp3) is 0.217. The summed E-state index contributed by atoms with van der Waals surface area (Å²) in [6, 6.07) is 18.6. The highest BCUT2D eigenvalue weighted by molar-refractivity contribution is 5.97. The Morgan fingerprint density at radius 1 is 1.13 bits per heavy atom. The van der Waals surface area contributed by atoms with Gasteiger partial charge in [-0.2, -0.15) is 10.4 Å². The monoisotopic (exact) mass is 418 g/mol. The summed E-state index contributed by atoms with van der Waals surface area (Å²) in [7, 11) is 1.43. The molecule has 0 bridgehead atoms. The third-order valence-electron chi connectivity index (χ3n) is 4.54. The third kappa shape index (κ3) is 5.28. The Kier molecular flexibility index (Phi) is 7.01. The highest BCUT2D eigenvalue weighted by Crippen LogP contribution is 2.21. The number of nitriles is 1. The number of benzene rings is 2. The van der Waals surface area contributed by atoms with Crippen LogP contribution in [0.2, 0.25) is 0 Å². The minimum absolute atomic E-state index is 0.0296. The summed E-state index contributed by atoms with van der Waals surface area (Å²) >= 11 is 0. The lowest BCUT2D eigenvalue weighted by Gasteiger charge is -2.21. The van der Waals surface area contributed by atoms with E-state index in [1.807, 2.05) is 55.5 Å². The zero-order chi connectivity index (χ0) is 22.2. The number of nitrogens with zero attached hydrogens (tertiary/aromatic N) is 4. The molecule has 0 unspecified atom stereocenters. The molecule has 0 radical (unpaired) electrons. The maximum absolute atomic E-state index is 12.7. The van der Waals surface area contributed by atoms with E-state index in [0.29, 0.717) is 5.69 Å². The minimum Gasteiger partial charge on any atom is -0.493 e. The number of anilines is 1. The highest BCUT2D eigenvalue weighted by atomic mass is 16.5. The number of aryl methyl sites for hydroxylation is 1. The van der Waals surface area contributed by atoms with Gasteiger partial charge in [0.2, 0.25) is 5.69 Å². The van der Waals surface area contributed by atoms with Gasteiger partial charge < -0.3 is 14.4 Å². The van der Waals surface area contributed by atoms with Crippen LogP contribution in [-0.2, 0) is 9.53 Å². The molecule has 31 heavy (non-hydrogen) atoms. The molecule has 3 rings (SSSR count). The largest absolute Gasteiger partial charge is 0.493 e. The van der Waals surface area contributed by atoms with Gasteiger partial charge in [-0.1, -0.05) is 35.9 Å². The number of methoxy groups -OCH3 is 1. The van der Waals surface area contributed by atoms with Crippen molar-refractivity contribution in [1.29, 1.82) is 5.26 Å². The highest BCUT2D eigenvalue weighted by Gasteiger charge is 2.23. The molecule has 0 N–H and O–H groups in total. The molecule has 0 spiro atoms. The predicted octanol–water partition coefficient (Wildman–Crippen LogP) is 3.29. The number of ether oxygens (including phenoxy) is 2. The normalized spacial score (nSPS) is 10.2. The number of carbonyl (C=O) groups excluding carboxylic acids is 2. The van der Waals surface area contributed by atoms with Gasteiger partial charge in [0.1, 0.15) is 0 Å². The molecular formula is C23H22N4O4. The minimum atomic E-state index is -0.774. The fourth-order valence-electron chi connectivity index (χ4n) is 2.92. The molecule has 8 heteroatoms. The van der Waals surface area contributed by atoms with Crippen molar-refractivity contribution in [3.05, 3.63) is 72.1 Å². The lowest BCUT2D eigenvalue weighted by Crippen LogP contribution is -2.35. The average Bonchev–Trinajstić information content (AvgIpc) is 3.24. The van der Waals surface area contributed by atoms with Crippen LogP contribution in [0.1, 0.15) is 22.5 Å². The van der Waals surface area contributed by atoms with E-state index >= 15 is 0 Å². The molecule has 0 atom stereocenters. The number of hydrogen-bond donors (Lipinski definition) is 0. The molecule has 0 aliphatic heterocycles. The van der Waals surface area contributed by atoms with Crippen molar-refractivity contribution >= 4 is 17.6 Å². The Bertz CT molecular complexity index is 1090. The first-order valence-corrected chi connectivity index (χ1v) is 9.63. The van der Waals surface area contributed by atoms with Crippen molar-refractivity contribution in [2.75, 3.05) is 25.2 Å². The summed E-state index contributed by atoms with van der Waals surface area (Å²) in [5, 5.41) is 13.2. The molecule has 1 heterocycles. The number of amides is 1. The zero-order valence-electron chi connectivity index (χ0n) is 17.3. The molecule has 2 aromatic carbocycles. The van der Waals surface area contributed by atoms with Gasteiger partial charge in [0, 0.05) is 12.2 Å². The SMILES string of the molecule is COc1cn(-c2ccccc2)nc1C(=O)OCC(=O)N(CCC#N)c1ccc(C)cc1. The molecule has 3 aromatic rings. The second-order valence-corrected chi connectivity index (χ2v) is 6.69. The summed E-state index contributed by atoms with van der Waals surface area (Å²) in [6.07, 6.45) is 1.72. The van der Waals surface area contributed by atoms with Crippen molar-refractivity contribution in [3.8, 4) is 17.5 Å². The molecule has 0 saturated carbocycles. The Morgan fingerprint density at radius 2 is 1.84 bits per heavy atom. The van der Waals surface area contributed by atoms with Crippen LogP contribution in [0.15, 0.2) is 60.8 Å². The van der Waals surface area contributed by atoms with Crippen molar-refractivity contribution in [3.63, 3.8) is 0 Å². The van der Waals surface area contributed by atoms with E-state index in [-0.39, 0.29) is 24.4 Å². The quantitative estimate of drug-likeness (QED) is 0.521. The van der Waals surface area contributed by atoms with E-state index in [1.165, 1.54) is 16.7 Å². The smallest absolute Gasteiger partial charge is 0.363 e. The summed E-state index contributed by atoms with van der Waals surface area (Å²) in [6.45, 7) is 1.65. The Labute approximate surface area is 180 Å². The second-order valence-electron chi connectivity index (χ2n) is 6.69. The first-order valence-electron chi connectivity index (χ1n) is 9.63. The molecule has 0 aliphatic rings. The topological polar surface area (TPSA) is 97.5 Å². The molecule has 1 amide bonds. The van der Waals surface area contributed by atoms with Crippen LogP contribution in [0.5, 0.6) is 5.75 Å². The molecule has 0 saturated heterocycles. The number of para-hydroxylation sites is 1. The molecular weight excluding hydrogens is 396 g/mol. The van der Waals surface area contributed by atoms with E-state index in [4.69, 9.17) is 14.7 Å². The number of hydrogen-bond acceptors (Lipinski definition) is 6. The molecule has 0 fully saturated rings. The Morgan fingerprint density at radius 3 is 2.48 bits per heavy atom. The van der Waals surface area contributed by atoms with E-state index in [0.717, 1.165) is 11.3 Å². The Hall–Kier alpha value is -4.12. The molecule has 1 aromatic heterocycles. The third-order valence-corrected chi connectivity index (χ3v) is 4.54. The van der Waals surface area contributed by atoms with Crippen LogP contribution in [0, 0.1) is 18.3 Å². The van der Waals surface area contributed by atoms with Crippen LogP contribution in [0.4, 0.5) is 5.69 Å². The molecule has 0 aliphatic carbocycles. The number of rotatable bonds is 8. The number of carbonyl (C=O) groups is 2. The maximum Gasteiger partial charge on any atom is 0.363 e. The van der Waals surface area contributed by atoms with Gasteiger partial charge in [-0.25, -0.2) is 9.48 Å². The van der Waals surface area contributed by atoms with Gasteiger partial charge in [-0.3, -0.25) is 4.79 Å². The van der Waals surface area contributed by atoms with Crippen LogP contribution in [-0.4, -0.2) is 41.9 Å². The van der Waals surface area contributed by atoms with E-state index < -0.39 is 18.5 Å². The molecule has 8 nitrogen and oxygen atoms in total. The van der Waals surface area contributed by atoms with E-state index in [1.54, 1.807) is 18.3 Å². The summed E-state index contributed by atoms with van der Waals surface area (Å²) in [4.78, 5) is 26.8. The molecule has 158 valence electrons. The van der Waals surface area contributed by atoms with Gasteiger partial charge in [-0.05, 0) is 31.2 Å². The van der Waals surface area contributed by atoms with Gasteiger partial charge in [0.25, 0.3) is 5.91 Å². The lowest BCUT2D eigenvalue weighted by molar-refractivity contribution is -0.121. The summed E-state index contributed by atoms with van der Waals surface area (Å²) in [5.41, 5.74) is 2.40. The van der Waals surface area contributed by atoms with Gasteiger partial charge >= 0.3 is 5.97 Å². The van der Waals surface area contributed by atoms with Crippen molar-refractivity contribution in [1.82, 2.24) is 9.78 Å². The van der Waals surface area contributed by atoms with Crippen LogP contribution in [0.25, 0.3) is 5.69 Å². The van der Waals surface area contributed by atoms with Crippen LogP contribution >= 0.6 is 0 Å². The zero-order valence-corrected chi connectivity index (χ0v) is 17.3. The number of aromatic nitrogens is 2. The van der Waals surface area contributed by atoms with Gasteiger partial charge in [-0.15, -0.1) is 0 Å². The van der Waals surface area contributed by atoms with Crippen LogP contribution in [0.3, 0.4) is 0 Å². The first-order chi connectivity index (χ1) is 15.0. The first kappa shape index (κ1) is 21.6. The summed E-state index contributed by atoms with van der Waals surface area (Å²) < 4.78 is 12.0.